The SMILES string of the molecule is CCN(CC)C(=O)c1c(N(CC)CC)c2cccnc2n2c(C(C)C)nnc12. The summed E-state index contributed by atoms with van der Waals surface area (Å²) in [7, 11) is 0. The van der Waals surface area contributed by atoms with Gasteiger partial charge in [0.2, 0.25) is 0 Å². The van der Waals surface area contributed by atoms with E-state index < -0.39 is 0 Å². The van der Waals surface area contributed by atoms with E-state index in [1.54, 1.807) is 6.20 Å². The largest absolute Gasteiger partial charge is 0.371 e. The zero-order chi connectivity index (χ0) is 20.4. The van der Waals surface area contributed by atoms with E-state index in [1.807, 2.05) is 35.3 Å². The van der Waals surface area contributed by atoms with Crippen molar-refractivity contribution < 1.29 is 4.79 Å². The molecule has 0 aliphatic carbocycles. The Balaban J connectivity index is 2.52. The van der Waals surface area contributed by atoms with Crippen molar-refractivity contribution in [1.82, 2.24) is 24.5 Å². The highest BCUT2D eigenvalue weighted by Gasteiger charge is 2.29. The van der Waals surface area contributed by atoms with E-state index in [2.05, 4.69) is 47.8 Å². The number of fused-ring (bicyclic) bond motifs is 3. The fourth-order valence-electron chi connectivity index (χ4n) is 3.78. The Morgan fingerprint density at radius 3 is 2.29 bits per heavy atom. The van der Waals surface area contributed by atoms with Crippen molar-refractivity contribution in [2.24, 2.45) is 0 Å². The average molecular weight is 383 g/mol. The summed E-state index contributed by atoms with van der Waals surface area (Å²) in [5, 5.41) is 9.86. The van der Waals surface area contributed by atoms with Crippen LogP contribution in [0, 0.1) is 0 Å². The van der Waals surface area contributed by atoms with Crippen molar-refractivity contribution in [2.45, 2.75) is 47.5 Å². The molecule has 0 radical (unpaired) electrons. The number of aromatic nitrogens is 4. The van der Waals surface area contributed by atoms with E-state index in [0.717, 1.165) is 35.6 Å². The fraction of sp³-hybridized carbons (Fsp3) is 0.524. The minimum absolute atomic E-state index is 0.00893. The minimum atomic E-state index is -0.00893. The van der Waals surface area contributed by atoms with Crippen LogP contribution in [-0.4, -0.2) is 56.6 Å². The first-order valence-corrected chi connectivity index (χ1v) is 10.2. The lowest BCUT2D eigenvalue weighted by Crippen LogP contribution is -2.34. The molecule has 0 N–H and O–H groups in total. The first kappa shape index (κ1) is 20.0. The van der Waals surface area contributed by atoms with Crippen LogP contribution in [-0.2, 0) is 0 Å². The van der Waals surface area contributed by atoms with Crippen LogP contribution in [0.1, 0.15) is 63.6 Å². The van der Waals surface area contributed by atoms with E-state index in [1.165, 1.54) is 0 Å². The molecule has 150 valence electrons. The summed E-state index contributed by atoms with van der Waals surface area (Å²) in [5.41, 5.74) is 2.91. The third-order valence-electron chi connectivity index (χ3n) is 5.26. The normalized spacial score (nSPS) is 11.5. The van der Waals surface area contributed by atoms with Gasteiger partial charge < -0.3 is 9.80 Å². The topological polar surface area (TPSA) is 66.6 Å². The van der Waals surface area contributed by atoms with Crippen LogP contribution < -0.4 is 4.90 Å². The molecular formula is C21H30N6O. The Kier molecular flexibility index (Phi) is 5.82. The first-order valence-electron chi connectivity index (χ1n) is 10.2. The predicted molar refractivity (Wildman–Crippen MR) is 113 cm³/mol. The molecule has 3 heterocycles. The molecule has 0 fully saturated rings. The molecule has 7 nitrogen and oxygen atoms in total. The lowest BCUT2D eigenvalue weighted by Gasteiger charge is -2.28. The van der Waals surface area contributed by atoms with Crippen molar-refractivity contribution in [3.63, 3.8) is 0 Å². The van der Waals surface area contributed by atoms with Gasteiger partial charge in [-0.2, -0.15) is 0 Å². The van der Waals surface area contributed by atoms with Gasteiger partial charge in [-0.1, -0.05) is 13.8 Å². The molecule has 0 bridgehead atoms. The highest BCUT2D eigenvalue weighted by atomic mass is 16.2. The minimum Gasteiger partial charge on any atom is -0.371 e. The average Bonchev–Trinajstić information content (AvgIpc) is 3.15. The number of carbonyl (C=O) groups excluding carboxylic acids is 1. The third kappa shape index (κ3) is 3.08. The number of nitrogens with zero attached hydrogens (tertiary/aromatic N) is 6. The molecule has 0 atom stereocenters. The van der Waals surface area contributed by atoms with Gasteiger partial charge in [0.05, 0.1) is 5.69 Å². The summed E-state index contributed by atoms with van der Waals surface area (Å²) in [6.07, 6.45) is 1.78. The first-order chi connectivity index (χ1) is 13.5. The molecule has 3 aromatic rings. The molecule has 0 saturated heterocycles. The summed E-state index contributed by atoms with van der Waals surface area (Å²) in [5.74, 6) is 0.972. The van der Waals surface area contributed by atoms with Gasteiger partial charge in [-0.3, -0.25) is 9.20 Å². The van der Waals surface area contributed by atoms with Crippen molar-refractivity contribution in [2.75, 3.05) is 31.1 Å². The summed E-state index contributed by atoms with van der Waals surface area (Å²) in [6, 6.07) is 3.96. The van der Waals surface area contributed by atoms with Gasteiger partial charge in [-0.15, -0.1) is 10.2 Å². The standard InChI is InChI=1S/C21H30N6O/c1-7-25(8-2)17-15-12-11-13-22-19(15)27-18(14(5)6)23-24-20(27)16(17)21(28)26(9-3)10-4/h11-14H,7-10H2,1-6H3. The van der Waals surface area contributed by atoms with Gasteiger partial charge in [-0.25, -0.2) is 4.98 Å². The van der Waals surface area contributed by atoms with Gasteiger partial charge >= 0.3 is 0 Å². The summed E-state index contributed by atoms with van der Waals surface area (Å²) in [6.45, 7) is 15.2. The lowest BCUT2D eigenvalue weighted by atomic mass is 10.1. The van der Waals surface area contributed by atoms with Crippen LogP contribution in [0.15, 0.2) is 18.3 Å². The highest BCUT2D eigenvalue weighted by molar-refractivity contribution is 6.12. The van der Waals surface area contributed by atoms with E-state index in [4.69, 9.17) is 0 Å². The third-order valence-corrected chi connectivity index (χ3v) is 5.26. The summed E-state index contributed by atoms with van der Waals surface area (Å²) >= 11 is 0. The molecule has 7 heteroatoms. The molecule has 0 aliphatic heterocycles. The quantitative estimate of drug-likeness (QED) is 0.623. The second-order valence-electron chi connectivity index (χ2n) is 7.12. The number of rotatable bonds is 7. The number of anilines is 1. The van der Waals surface area contributed by atoms with E-state index in [0.29, 0.717) is 24.3 Å². The van der Waals surface area contributed by atoms with Crippen LogP contribution in [0.4, 0.5) is 5.69 Å². The molecule has 3 aromatic heterocycles. The van der Waals surface area contributed by atoms with Crippen LogP contribution in [0.25, 0.3) is 16.7 Å². The van der Waals surface area contributed by atoms with Gasteiger partial charge in [-0.05, 0) is 39.8 Å². The smallest absolute Gasteiger partial charge is 0.259 e. The van der Waals surface area contributed by atoms with Gasteiger partial charge in [0, 0.05) is 43.7 Å². The maximum Gasteiger partial charge on any atom is 0.259 e. The molecule has 0 saturated carbocycles. The van der Waals surface area contributed by atoms with Crippen LogP contribution in [0.5, 0.6) is 0 Å². The monoisotopic (exact) mass is 382 g/mol. The highest BCUT2D eigenvalue weighted by Crippen LogP contribution is 2.35. The van der Waals surface area contributed by atoms with Gasteiger partial charge in [0.15, 0.2) is 5.65 Å². The van der Waals surface area contributed by atoms with Gasteiger partial charge in [0.25, 0.3) is 5.91 Å². The summed E-state index contributed by atoms with van der Waals surface area (Å²) in [4.78, 5) is 22.3. The van der Waals surface area contributed by atoms with E-state index in [9.17, 15) is 4.79 Å². The second kappa shape index (κ2) is 8.12. The Hall–Kier alpha value is -2.70. The maximum absolute atomic E-state index is 13.6. The number of carbonyl (C=O) groups is 1. The molecular weight excluding hydrogens is 352 g/mol. The van der Waals surface area contributed by atoms with Crippen molar-refractivity contribution >= 4 is 28.3 Å². The second-order valence-corrected chi connectivity index (χ2v) is 7.12. The maximum atomic E-state index is 13.6. The number of pyridine rings is 2. The van der Waals surface area contributed by atoms with E-state index >= 15 is 0 Å². The number of hydrogen-bond donors (Lipinski definition) is 0. The molecule has 3 rings (SSSR count). The Labute approximate surface area is 166 Å². The van der Waals surface area contributed by atoms with Crippen LogP contribution in [0.2, 0.25) is 0 Å². The fourth-order valence-corrected chi connectivity index (χ4v) is 3.78. The Morgan fingerprint density at radius 2 is 1.71 bits per heavy atom. The zero-order valence-electron chi connectivity index (χ0n) is 17.7. The Bertz CT molecular complexity index is 985. The summed E-state index contributed by atoms with van der Waals surface area (Å²) < 4.78 is 1.96. The molecule has 0 aliphatic rings. The Morgan fingerprint density at radius 1 is 1.04 bits per heavy atom. The van der Waals surface area contributed by atoms with Crippen LogP contribution in [0.3, 0.4) is 0 Å². The predicted octanol–water partition coefficient (Wildman–Crippen LogP) is 3.73. The van der Waals surface area contributed by atoms with Crippen molar-refractivity contribution in [1.29, 1.82) is 0 Å². The lowest BCUT2D eigenvalue weighted by molar-refractivity contribution is 0.0775. The molecule has 0 unspecified atom stereocenters. The number of amides is 1. The van der Waals surface area contributed by atoms with Gasteiger partial charge in [0.1, 0.15) is 17.0 Å². The molecule has 1 amide bonds. The number of hydrogen-bond acceptors (Lipinski definition) is 5. The van der Waals surface area contributed by atoms with E-state index in [-0.39, 0.29) is 11.8 Å². The molecule has 0 spiro atoms. The van der Waals surface area contributed by atoms with Crippen molar-refractivity contribution in [3.05, 3.63) is 29.7 Å². The molecule has 0 aromatic carbocycles. The zero-order valence-corrected chi connectivity index (χ0v) is 17.7. The van der Waals surface area contributed by atoms with Crippen molar-refractivity contribution in [3.8, 4) is 0 Å². The van der Waals surface area contributed by atoms with Crippen LogP contribution >= 0.6 is 0 Å². The molecule has 28 heavy (non-hydrogen) atoms.